The van der Waals surface area contributed by atoms with Gasteiger partial charge in [-0.2, -0.15) is 0 Å². The number of fused-ring (bicyclic) bond motifs is 3. The van der Waals surface area contributed by atoms with E-state index in [4.69, 9.17) is 16.6 Å². The van der Waals surface area contributed by atoms with Gasteiger partial charge in [0.15, 0.2) is 0 Å². The summed E-state index contributed by atoms with van der Waals surface area (Å²) in [6.07, 6.45) is 5.12. The number of rotatable bonds is 3. The molecule has 0 saturated heterocycles. The lowest BCUT2D eigenvalue weighted by atomic mass is 9.99. The van der Waals surface area contributed by atoms with Gasteiger partial charge in [0.25, 0.3) is 0 Å². The molecule has 0 radical (unpaired) electrons. The largest absolute Gasteiger partial charge is 0.323 e. The number of nitrogens with zero attached hydrogens (tertiary/aromatic N) is 4. The van der Waals surface area contributed by atoms with Crippen molar-refractivity contribution in [2.45, 2.75) is 56.0 Å². The van der Waals surface area contributed by atoms with Crippen LogP contribution in [0.4, 0.5) is 14.5 Å². The van der Waals surface area contributed by atoms with E-state index in [0.29, 0.717) is 22.8 Å². The van der Waals surface area contributed by atoms with Crippen LogP contribution < -0.4 is 4.90 Å². The molecule has 1 spiro atoms. The van der Waals surface area contributed by atoms with Crippen LogP contribution >= 0.6 is 11.6 Å². The average Bonchev–Trinajstić information content (AvgIpc) is 3.27. The molecular formula is C22H19ClF2N4O. The fourth-order valence-electron chi connectivity index (χ4n) is 5.18. The van der Waals surface area contributed by atoms with Gasteiger partial charge in [-0.05, 0) is 49.1 Å². The van der Waals surface area contributed by atoms with Crippen molar-refractivity contribution in [2.75, 3.05) is 4.90 Å². The maximum atomic E-state index is 14.0. The van der Waals surface area contributed by atoms with Gasteiger partial charge in [-0.1, -0.05) is 11.6 Å². The minimum atomic E-state index is -2.68. The van der Waals surface area contributed by atoms with Crippen LogP contribution in [0, 0.1) is 0 Å². The molecule has 2 aromatic heterocycles. The molecule has 3 heterocycles. The lowest BCUT2D eigenvalue weighted by Crippen LogP contribution is -2.33. The summed E-state index contributed by atoms with van der Waals surface area (Å²) in [4.78, 5) is 23.9. The van der Waals surface area contributed by atoms with E-state index in [1.54, 1.807) is 29.4 Å². The van der Waals surface area contributed by atoms with Crippen molar-refractivity contribution in [2.24, 2.45) is 0 Å². The number of amides is 1. The molecule has 30 heavy (non-hydrogen) atoms. The second kappa shape index (κ2) is 6.00. The van der Waals surface area contributed by atoms with Crippen LogP contribution in [0.25, 0.3) is 11.0 Å². The Bertz CT molecular complexity index is 1200. The van der Waals surface area contributed by atoms with E-state index in [2.05, 4.69) is 4.98 Å². The van der Waals surface area contributed by atoms with Crippen LogP contribution in [0.1, 0.15) is 49.5 Å². The van der Waals surface area contributed by atoms with Gasteiger partial charge in [-0.25, -0.2) is 13.8 Å². The van der Waals surface area contributed by atoms with Gasteiger partial charge in [-0.15, -0.1) is 0 Å². The predicted octanol–water partition coefficient (Wildman–Crippen LogP) is 5.02. The molecule has 154 valence electrons. The first-order valence-corrected chi connectivity index (χ1v) is 10.6. The van der Waals surface area contributed by atoms with Crippen molar-refractivity contribution < 1.29 is 13.6 Å². The highest BCUT2D eigenvalue weighted by atomic mass is 35.5. The van der Waals surface area contributed by atoms with E-state index in [1.165, 1.54) is 0 Å². The van der Waals surface area contributed by atoms with Crippen LogP contribution in [0.5, 0.6) is 0 Å². The molecule has 1 aliphatic heterocycles. The van der Waals surface area contributed by atoms with E-state index >= 15 is 0 Å². The number of aromatic nitrogens is 3. The molecule has 1 atom stereocenters. The van der Waals surface area contributed by atoms with Gasteiger partial charge in [0.05, 0.1) is 34.9 Å². The molecule has 0 N–H and O–H groups in total. The Labute approximate surface area is 176 Å². The number of halogens is 3. The van der Waals surface area contributed by atoms with Crippen molar-refractivity contribution >= 4 is 34.2 Å². The highest BCUT2D eigenvalue weighted by Gasteiger charge is 2.59. The summed E-state index contributed by atoms with van der Waals surface area (Å²) in [5.41, 5.74) is 2.82. The maximum absolute atomic E-state index is 14.0. The molecule has 2 fully saturated rings. The molecule has 1 aromatic carbocycles. The number of anilines is 1. The number of hydrogen-bond donors (Lipinski definition) is 0. The van der Waals surface area contributed by atoms with E-state index in [9.17, 15) is 13.6 Å². The average molecular weight is 429 g/mol. The number of hydrogen-bond acceptors (Lipinski definition) is 3. The lowest BCUT2D eigenvalue weighted by Gasteiger charge is -2.21. The molecule has 1 amide bonds. The Morgan fingerprint density at radius 3 is 2.77 bits per heavy atom. The number of pyridine rings is 1. The fraction of sp³-hybridized carbons (Fsp3) is 0.409. The third kappa shape index (κ3) is 2.54. The molecule has 8 heteroatoms. The lowest BCUT2D eigenvalue weighted by molar-refractivity contribution is -0.120. The molecule has 2 aliphatic carbocycles. The Hall–Kier alpha value is -2.54. The SMILES string of the molecule is O=C1N(Cc2nc3cc(Cl)ccc3n2C2CCC(F)(F)C2)c2cnccc2C12CC2. The first-order chi connectivity index (χ1) is 14.4. The van der Waals surface area contributed by atoms with Gasteiger partial charge < -0.3 is 9.47 Å². The Morgan fingerprint density at radius 2 is 2.03 bits per heavy atom. The van der Waals surface area contributed by atoms with Gasteiger partial charge in [-0.3, -0.25) is 9.78 Å². The molecule has 3 aromatic rings. The van der Waals surface area contributed by atoms with Crippen LogP contribution in [0.15, 0.2) is 36.7 Å². The van der Waals surface area contributed by atoms with E-state index < -0.39 is 11.3 Å². The van der Waals surface area contributed by atoms with Crippen molar-refractivity contribution in [3.63, 3.8) is 0 Å². The molecule has 6 rings (SSSR count). The van der Waals surface area contributed by atoms with Crippen molar-refractivity contribution in [1.82, 2.24) is 14.5 Å². The first kappa shape index (κ1) is 18.2. The molecule has 0 bridgehead atoms. The molecular weight excluding hydrogens is 410 g/mol. The van der Waals surface area contributed by atoms with Gasteiger partial charge in [0.2, 0.25) is 11.8 Å². The summed E-state index contributed by atoms with van der Waals surface area (Å²) in [6.45, 7) is 0.230. The molecule has 5 nitrogen and oxygen atoms in total. The van der Waals surface area contributed by atoms with Gasteiger partial charge in [0, 0.05) is 30.1 Å². The summed E-state index contributed by atoms with van der Waals surface area (Å²) < 4.78 is 30.0. The molecule has 1 unspecified atom stereocenters. The monoisotopic (exact) mass is 428 g/mol. The number of imidazole rings is 1. The Balaban J connectivity index is 1.46. The smallest absolute Gasteiger partial charge is 0.250 e. The van der Waals surface area contributed by atoms with Gasteiger partial charge >= 0.3 is 0 Å². The number of carbonyl (C=O) groups is 1. The topological polar surface area (TPSA) is 51.0 Å². The number of benzene rings is 1. The summed E-state index contributed by atoms with van der Waals surface area (Å²) in [6, 6.07) is 6.88. The van der Waals surface area contributed by atoms with E-state index in [-0.39, 0.29) is 31.3 Å². The van der Waals surface area contributed by atoms with Crippen LogP contribution in [-0.4, -0.2) is 26.4 Å². The summed E-state index contributed by atoms with van der Waals surface area (Å²) in [7, 11) is 0. The minimum Gasteiger partial charge on any atom is -0.323 e. The Morgan fingerprint density at radius 1 is 1.20 bits per heavy atom. The second-order valence-corrected chi connectivity index (χ2v) is 9.09. The summed E-state index contributed by atoms with van der Waals surface area (Å²) in [5.74, 6) is -2.02. The Kier molecular flexibility index (Phi) is 3.65. The normalized spacial score (nSPS) is 23.5. The van der Waals surface area contributed by atoms with Crippen LogP contribution in [0.2, 0.25) is 5.02 Å². The zero-order valence-electron chi connectivity index (χ0n) is 16.1. The van der Waals surface area contributed by atoms with Crippen LogP contribution in [0.3, 0.4) is 0 Å². The summed E-state index contributed by atoms with van der Waals surface area (Å²) in [5, 5.41) is 0.541. The fourth-order valence-corrected chi connectivity index (χ4v) is 5.35. The summed E-state index contributed by atoms with van der Waals surface area (Å²) >= 11 is 6.15. The van der Waals surface area contributed by atoms with E-state index in [0.717, 1.165) is 29.6 Å². The van der Waals surface area contributed by atoms with Crippen molar-refractivity contribution in [3.8, 4) is 0 Å². The number of carbonyl (C=O) groups excluding carboxylic acids is 1. The van der Waals surface area contributed by atoms with Crippen LogP contribution in [-0.2, 0) is 16.8 Å². The first-order valence-electron chi connectivity index (χ1n) is 10.2. The zero-order valence-corrected chi connectivity index (χ0v) is 16.9. The number of alkyl halides is 2. The molecule has 3 aliphatic rings. The maximum Gasteiger partial charge on any atom is 0.250 e. The standard InChI is InChI=1S/C22H19ClF2N4O/c23-13-1-2-17-16(9-13)27-19(29(17)14-3-5-22(24,25)10-14)12-28-18-11-26-8-4-15(18)21(6-7-21)20(28)30/h1-2,4,8-9,11,14H,3,5-7,10,12H2. The van der Waals surface area contributed by atoms with Gasteiger partial charge in [0.1, 0.15) is 5.82 Å². The van der Waals surface area contributed by atoms with E-state index in [1.807, 2.05) is 16.7 Å². The second-order valence-electron chi connectivity index (χ2n) is 8.65. The third-order valence-electron chi connectivity index (χ3n) is 6.78. The minimum absolute atomic E-state index is 0.0545. The van der Waals surface area contributed by atoms with Crippen molar-refractivity contribution in [3.05, 3.63) is 53.1 Å². The highest BCUT2D eigenvalue weighted by Crippen LogP contribution is 2.57. The zero-order chi connectivity index (χ0) is 20.7. The predicted molar refractivity (Wildman–Crippen MR) is 109 cm³/mol. The quantitative estimate of drug-likeness (QED) is 0.588. The molecule has 2 saturated carbocycles. The third-order valence-corrected chi connectivity index (χ3v) is 7.01. The van der Waals surface area contributed by atoms with Crippen molar-refractivity contribution in [1.29, 1.82) is 0 Å². The highest BCUT2D eigenvalue weighted by molar-refractivity contribution is 6.31.